The fraction of sp³-hybridized carbons (Fsp3) is 0.190. The number of furan rings is 1. The first-order valence-corrected chi connectivity index (χ1v) is 8.33. The van der Waals surface area contributed by atoms with Crippen LogP contribution in [0.4, 0.5) is 0 Å². The summed E-state index contributed by atoms with van der Waals surface area (Å²) >= 11 is 0. The highest BCUT2D eigenvalue weighted by molar-refractivity contribution is 5.95. The lowest BCUT2D eigenvalue weighted by atomic mass is 10.1. The van der Waals surface area contributed by atoms with Crippen molar-refractivity contribution in [3.05, 3.63) is 72.5 Å². The van der Waals surface area contributed by atoms with Gasteiger partial charge in [-0.05, 0) is 37.3 Å². The molecule has 1 unspecified atom stereocenters. The number of carbonyl (C=O) groups is 1. The van der Waals surface area contributed by atoms with Crippen molar-refractivity contribution in [2.75, 3.05) is 13.7 Å². The maximum atomic E-state index is 12.6. The van der Waals surface area contributed by atoms with E-state index in [4.69, 9.17) is 13.9 Å². The molecular formula is C21H21NO4. The summed E-state index contributed by atoms with van der Waals surface area (Å²) in [6, 6.07) is 14.5. The molecule has 2 aromatic carbocycles. The number of benzene rings is 2. The van der Waals surface area contributed by atoms with Gasteiger partial charge in [-0.25, -0.2) is 0 Å². The molecule has 0 saturated carbocycles. The number of fused-ring (bicyclic) bond motifs is 1. The maximum Gasteiger partial charge on any atom is 0.252 e. The van der Waals surface area contributed by atoms with Gasteiger partial charge < -0.3 is 19.2 Å². The van der Waals surface area contributed by atoms with E-state index in [-0.39, 0.29) is 11.9 Å². The van der Waals surface area contributed by atoms with Gasteiger partial charge in [0.15, 0.2) is 11.5 Å². The van der Waals surface area contributed by atoms with E-state index in [0.29, 0.717) is 29.4 Å². The lowest BCUT2D eigenvalue weighted by Gasteiger charge is -2.14. The number of para-hydroxylation sites is 1. The van der Waals surface area contributed by atoms with Crippen LogP contribution >= 0.6 is 0 Å². The fourth-order valence-corrected chi connectivity index (χ4v) is 2.64. The molecule has 0 saturated heterocycles. The standard InChI is InChI=1S/C21H21NO4/c1-4-11-25-18-10-9-16(13-20(18)24-3)21(23)22-14(2)19-12-15-7-5-6-8-17(15)26-19/h4-10,12-14H,1,11H2,2-3H3,(H,22,23). The van der Waals surface area contributed by atoms with E-state index in [0.717, 1.165) is 11.0 Å². The first-order chi connectivity index (χ1) is 12.6. The Balaban J connectivity index is 1.75. The van der Waals surface area contributed by atoms with Gasteiger partial charge in [-0.15, -0.1) is 0 Å². The topological polar surface area (TPSA) is 60.7 Å². The molecule has 1 amide bonds. The summed E-state index contributed by atoms with van der Waals surface area (Å²) in [5, 5.41) is 3.95. The predicted molar refractivity (Wildman–Crippen MR) is 101 cm³/mol. The molecule has 1 aromatic heterocycles. The predicted octanol–water partition coefficient (Wildman–Crippen LogP) is 4.50. The molecule has 0 bridgehead atoms. The highest BCUT2D eigenvalue weighted by Crippen LogP contribution is 2.29. The molecule has 0 spiro atoms. The van der Waals surface area contributed by atoms with Crippen molar-refractivity contribution < 1.29 is 18.7 Å². The highest BCUT2D eigenvalue weighted by atomic mass is 16.5. The summed E-state index contributed by atoms with van der Waals surface area (Å²) in [6.45, 7) is 5.86. The summed E-state index contributed by atoms with van der Waals surface area (Å²) < 4.78 is 16.6. The van der Waals surface area contributed by atoms with E-state index in [2.05, 4.69) is 11.9 Å². The molecule has 3 aromatic rings. The first kappa shape index (κ1) is 17.6. The molecule has 1 N–H and O–H groups in total. The molecule has 0 aliphatic heterocycles. The van der Waals surface area contributed by atoms with Gasteiger partial charge in [0, 0.05) is 10.9 Å². The van der Waals surface area contributed by atoms with Crippen LogP contribution in [0.25, 0.3) is 11.0 Å². The van der Waals surface area contributed by atoms with Crippen LogP contribution in [0.5, 0.6) is 11.5 Å². The Kier molecular flexibility index (Phi) is 5.27. The summed E-state index contributed by atoms with van der Waals surface area (Å²) in [7, 11) is 1.54. The number of hydrogen-bond donors (Lipinski definition) is 1. The number of methoxy groups -OCH3 is 1. The van der Waals surface area contributed by atoms with Gasteiger partial charge in [-0.2, -0.15) is 0 Å². The third-order valence-corrected chi connectivity index (χ3v) is 4.00. The zero-order valence-electron chi connectivity index (χ0n) is 14.8. The molecule has 1 heterocycles. The molecule has 3 rings (SSSR count). The molecule has 5 heteroatoms. The van der Waals surface area contributed by atoms with Gasteiger partial charge in [0.2, 0.25) is 0 Å². The Morgan fingerprint density at radius 3 is 2.77 bits per heavy atom. The fourth-order valence-electron chi connectivity index (χ4n) is 2.64. The minimum atomic E-state index is -0.266. The first-order valence-electron chi connectivity index (χ1n) is 8.33. The Morgan fingerprint density at radius 1 is 1.23 bits per heavy atom. The van der Waals surface area contributed by atoms with E-state index in [1.165, 1.54) is 7.11 Å². The third kappa shape index (κ3) is 3.72. The van der Waals surface area contributed by atoms with Gasteiger partial charge in [0.1, 0.15) is 18.0 Å². The Bertz CT molecular complexity index is 896. The number of carbonyl (C=O) groups excluding carboxylic acids is 1. The molecule has 26 heavy (non-hydrogen) atoms. The van der Waals surface area contributed by atoms with E-state index < -0.39 is 0 Å². The minimum absolute atomic E-state index is 0.216. The van der Waals surface area contributed by atoms with E-state index >= 15 is 0 Å². The van der Waals surface area contributed by atoms with Gasteiger partial charge in [-0.1, -0.05) is 30.9 Å². The second-order valence-corrected chi connectivity index (χ2v) is 5.85. The van der Waals surface area contributed by atoms with Crippen LogP contribution in [0.1, 0.15) is 29.1 Å². The van der Waals surface area contributed by atoms with Crippen molar-refractivity contribution in [3.63, 3.8) is 0 Å². The van der Waals surface area contributed by atoms with Gasteiger partial charge in [0.25, 0.3) is 5.91 Å². The van der Waals surface area contributed by atoms with Gasteiger partial charge >= 0.3 is 0 Å². The van der Waals surface area contributed by atoms with E-state index in [1.807, 2.05) is 37.3 Å². The lowest BCUT2D eigenvalue weighted by Crippen LogP contribution is -2.26. The second kappa shape index (κ2) is 7.78. The Hall–Kier alpha value is -3.21. The summed E-state index contributed by atoms with van der Waals surface area (Å²) in [4.78, 5) is 12.6. The summed E-state index contributed by atoms with van der Waals surface area (Å²) in [6.07, 6.45) is 1.65. The third-order valence-electron chi connectivity index (χ3n) is 4.00. The molecule has 1 atom stereocenters. The van der Waals surface area contributed by atoms with Crippen LogP contribution in [0, 0.1) is 0 Å². The number of nitrogens with one attached hydrogen (secondary N) is 1. The van der Waals surface area contributed by atoms with E-state index in [1.54, 1.807) is 24.3 Å². The molecule has 134 valence electrons. The smallest absolute Gasteiger partial charge is 0.252 e. The van der Waals surface area contributed by atoms with Crippen LogP contribution in [-0.2, 0) is 0 Å². The number of amides is 1. The van der Waals surface area contributed by atoms with Crippen LogP contribution in [0.15, 0.2) is 65.6 Å². The maximum absolute atomic E-state index is 12.6. The monoisotopic (exact) mass is 351 g/mol. The van der Waals surface area contributed by atoms with Crippen molar-refractivity contribution in [1.82, 2.24) is 5.32 Å². The van der Waals surface area contributed by atoms with Crippen molar-refractivity contribution in [3.8, 4) is 11.5 Å². The Morgan fingerprint density at radius 2 is 2.04 bits per heavy atom. The number of ether oxygens (including phenoxy) is 2. The van der Waals surface area contributed by atoms with Crippen molar-refractivity contribution in [2.45, 2.75) is 13.0 Å². The highest BCUT2D eigenvalue weighted by Gasteiger charge is 2.17. The zero-order valence-corrected chi connectivity index (χ0v) is 14.8. The molecular weight excluding hydrogens is 330 g/mol. The number of rotatable bonds is 7. The minimum Gasteiger partial charge on any atom is -0.493 e. The molecule has 0 aliphatic rings. The number of hydrogen-bond acceptors (Lipinski definition) is 4. The average molecular weight is 351 g/mol. The van der Waals surface area contributed by atoms with Crippen LogP contribution < -0.4 is 14.8 Å². The van der Waals surface area contributed by atoms with Crippen molar-refractivity contribution in [2.24, 2.45) is 0 Å². The van der Waals surface area contributed by atoms with Crippen molar-refractivity contribution in [1.29, 1.82) is 0 Å². The second-order valence-electron chi connectivity index (χ2n) is 5.85. The van der Waals surface area contributed by atoms with Crippen LogP contribution in [0.2, 0.25) is 0 Å². The molecule has 0 fully saturated rings. The normalized spacial score (nSPS) is 11.8. The SMILES string of the molecule is C=CCOc1ccc(C(=O)NC(C)c2cc3ccccc3o2)cc1OC. The van der Waals surface area contributed by atoms with Gasteiger partial charge in [0.05, 0.1) is 13.2 Å². The lowest BCUT2D eigenvalue weighted by molar-refractivity contribution is 0.0935. The van der Waals surface area contributed by atoms with Gasteiger partial charge in [-0.3, -0.25) is 4.79 Å². The summed E-state index contributed by atoms with van der Waals surface area (Å²) in [5.41, 5.74) is 1.28. The molecule has 0 radical (unpaired) electrons. The van der Waals surface area contributed by atoms with Crippen LogP contribution in [-0.4, -0.2) is 19.6 Å². The summed E-state index contributed by atoms with van der Waals surface area (Å²) in [5.74, 6) is 1.55. The average Bonchev–Trinajstić information content (AvgIpc) is 3.10. The largest absolute Gasteiger partial charge is 0.493 e. The van der Waals surface area contributed by atoms with Crippen LogP contribution in [0.3, 0.4) is 0 Å². The zero-order chi connectivity index (χ0) is 18.5. The van der Waals surface area contributed by atoms with E-state index in [9.17, 15) is 4.79 Å². The Labute approximate surface area is 152 Å². The molecule has 5 nitrogen and oxygen atoms in total. The quantitative estimate of drug-likeness (QED) is 0.637. The molecule has 0 aliphatic carbocycles. The van der Waals surface area contributed by atoms with Crippen molar-refractivity contribution >= 4 is 16.9 Å².